The Hall–Kier alpha value is -3.77. The maximum absolute atomic E-state index is 14.3. The molecule has 0 unspecified atom stereocenters. The molecule has 0 atom stereocenters. The lowest BCUT2D eigenvalue weighted by Gasteiger charge is -2.14. The second-order valence-electron chi connectivity index (χ2n) is 6.82. The van der Waals surface area contributed by atoms with E-state index in [1.54, 1.807) is 24.3 Å². The number of anilines is 1. The van der Waals surface area contributed by atoms with Gasteiger partial charge in [-0.1, -0.05) is 41.9 Å². The molecule has 0 aliphatic heterocycles. The number of hydrogen-bond acceptors (Lipinski definition) is 2. The molecule has 7 heteroatoms. The van der Waals surface area contributed by atoms with E-state index in [0.29, 0.717) is 10.8 Å². The number of amides is 1. The molecule has 154 valence electrons. The third-order valence-electron chi connectivity index (χ3n) is 4.81. The first kappa shape index (κ1) is 20.5. The highest BCUT2D eigenvalue weighted by Gasteiger charge is 2.19. The molecule has 0 saturated heterocycles. The minimum Gasteiger partial charge on any atom is -0.478 e. The average molecular weight is 438 g/mol. The predicted octanol–water partition coefficient (Wildman–Crippen LogP) is 6.39. The third kappa shape index (κ3) is 4.11. The Kier molecular flexibility index (Phi) is 5.40. The van der Waals surface area contributed by atoms with Gasteiger partial charge in [-0.3, -0.25) is 4.79 Å². The number of carboxylic acids is 1. The molecule has 0 aliphatic rings. The van der Waals surface area contributed by atoms with Gasteiger partial charge < -0.3 is 10.4 Å². The number of nitrogens with one attached hydrogen (secondary N) is 1. The predicted molar refractivity (Wildman–Crippen MR) is 116 cm³/mol. The van der Waals surface area contributed by atoms with Crippen LogP contribution in [0.3, 0.4) is 0 Å². The molecule has 0 saturated carbocycles. The molecule has 0 heterocycles. The molecule has 0 aliphatic carbocycles. The second-order valence-corrected chi connectivity index (χ2v) is 7.23. The van der Waals surface area contributed by atoms with E-state index in [-0.39, 0.29) is 33.0 Å². The SMILES string of the molecule is O=C(Nc1cc(-c2ccccc2F)c(Cl)cc1C(=O)O)c1ccc2cc(F)ccc2c1. The van der Waals surface area contributed by atoms with Crippen molar-refractivity contribution < 1.29 is 23.5 Å². The van der Waals surface area contributed by atoms with Gasteiger partial charge in [-0.15, -0.1) is 0 Å². The van der Waals surface area contributed by atoms with Gasteiger partial charge in [0.25, 0.3) is 5.91 Å². The monoisotopic (exact) mass is 437 g/mol. The van der Waals surface area contributed by atoms with Gasteiger partial charge in [0.1, 0.15) is 11.6 Å². The number of rotatable bonds is 4. The number of carbonyl (C=O) groups is 2. The Morgan fingerprint density at radius 2 is 1.55 bits per heavy atom. The lowest BCUT2D eigenvalue weighted by Crippen LogP contribution is -2.15. The van der Waals surface area contributed by atoms with E-state index in [0.717, 1.165) is 0 Å². The molecule has 0 aromatic heterocycles. The Balaban J connectivity index is 1.75. The first-order valence-corrected chi connectivity index (χ1v) is 9.53. The molecule has 1 amide bonds. The summed E-state index contributed by atoms with van der Waals surface area (Å²) in [6.45, 7) is 0. The highest BCUT2D eigenvalue weighted by atomic mass is 35.5. The minimum absolute atomic E-state index is 0.0284. The molecule has 4 aromatic rings. The third-order valence-corrected chi connectivity index (χ3v) is 5.13. The molecule has 4 aromatic carbocycles. The zero-order chi connectivity index (χ0) is 22.1. The van der Waals surface area contributed by atoms with E-state index in [9.17, 15) is 23.5 Å². The molecule has 0 bridgehead atoms. The maximum Gasteiger partial charge on any atom is 0.337 e. The number of hydrogen-bond donors (Lipinski definition) is 2. The number of carboxylic acid groups (broad SMARTS) is 1. The van der Waals surface area contributed by atoms with Crippen molar-refractivity contribution in [3.05, 3.63) is 101 Å². The summed E-state index contributed by atoms with van der Waals surface area (Å²) in [6, 6.07) is 17.2. The molecule has 4 nitrogen and oxygen atoms in total. The molecular formula is C24H14ClF2NO3. The van der Waals surface area contributed by atoms with Crippen molar-refractivity contribution in [3.63, 3.8) is 0 Å². The van der Waals surface area contributed by atoms with Crippen LogP contribution in [0.1, 0.15) is 20.7 Å². The number of benzene rings is 4. The van der Waals surface area contributed by atoms with Crippen molar-refractivity contribution in [2.24, 2.45) is 0 Å². The van der Waals surface area contributed by atoms with E-state index in [2.05, 4.69) is 5.32 Å². The lowest BCUT2D eigenvalue weighted by molar-refractivity contribution is 0.0698. The average Bonchev–Trinajstić information content (AvgIpc) is 2.74. The zero-order valence-electron chi connectivity index (χ0n) is 15.8. The number of halogens is 3. The smallest absolute Gasteiger partial charge is 0.337 e. The molecule has 0 spiro atoms. The summed E-state index contributed by atoms with van der Waals surface area (Å²) in [7, 11) is 0. The van der Waals surface area contributed by atoms with Crippen LogP contribution in [-0.4, -0.2) is 17.0 Å². The summed E-state index contributed by atoms with van der Waals surface area (Å²) in [5.74, 6) is -2.80. The first-order valence-electron chi connectivity index (χ1n) is 9.16. The van der Waals surface area contributed by atoms with Crippen molar-refractivity contribution in [3.8, 4) is 11.1 Å². The van der Waals surface area contributed by atoms with Gasteiger partial charge in [0.15, 0.2) is 0 Å². The van der Waals surface area contributed by atoms with Crippen LogP contribution >= 0.6 is 11.6 Å². The fraction of sp³-hybridized carbons (Fsp3) is 0. The van der Waals surface area contributed by atoms with Crippen molar-refractivity contribution in [2.45, 2.75) is 0 Å². The first-order chi connectivity index (χ1) is 14.8. The van der Waals surface area contributed by atoms with Crippen molar-refractivity contribution in [2.75, 3.05) is 5.32 Å². The molecule has 0 radical (unpaired) electrons. The van der Waals surface area contributed by atoms with Crippen LogP contribution in [0.5, 0.6) is 0 Å². The maximum atomic E-state index is 14.3. The van der Waals surface area contributed by atoms with Gasteiger partial charge in [0, 0.05) is 21.7 Å². The summed E-state index contributed by atoms with van der Waals surface area (Å²) < 4.78 is 27.6. The van der Waals surface area contributed by atoms with E-state index in [4.69, 9.17) is 11.6 Å². The molecule has 0 fully saturated rings. The summed E-state index contributed by atoms with van der Waals surface area (Å²) in [6.07, 6.45) is 0. The van der Waals surface area contributed by atoms with E-state index in [1.807, 2.05) is 0 Å². The van der Waals surface area contributed by atoms with Gasteiger partial charge in [0.2, 0.25) is 0 Å². The standard InChI is InChI=1S/C24H14ClF2NO3/c25-20-11-19(24(30)31)22(12-18(20)17-3-1-2-4-21(17)27)28-23(29)15-6-5-14-10-16(26)8-7-13(14)9-15/h1-12H,(H,28,29)(H,30,31). The van der Waals surface area contributed by atoms with Crippen LogP contribution in [-0.2, 0) is 0 Å². The Morgan fingerprint density at radius 1 is 0.839 bits per heavy atom. The fourth-order valence-electron chi connectivity index (χ4n) is 3.29. The topological polar surface area (TPSA) is 66.4 Å². The number of carbonyl (C=O) groups excluding carboxylic acids is 1. The number of fused-ring (bicyclic) bond motifs is 1. The van der Waals surface area contributed by atoms with Gasteiger partial charge >= 0.3 is 5.97 Å². The Morgan fingerprint density at radius 3 is 2.29 bits per heavy atom. The highest BCUT2D eigenvalue weighted by Crippen LogP contribution is 2.35. The van der Waals surface area contributed by atoms with Crippen molar-refractivity contribution in [1.29, 1.82) is 0 Å². The molecule has 4 rings (SSSR count). The van der Waals surface area contributed by atoms with Crippen LogP contribution in [0.4, 0.5) is 14.5 Å². The molecular weight excluding hydrogens is 424 g/mol. The van der Waals surface area contributed by atoms with Crippen LogP contribution < -0.4 is 5.32 Å². The number of aromatic carboxylic acids is 1. The Bertz CT molecular complexity index is 1350. The van der Waals surface area contributed by atoms with Crippen molar-refractivity contribution in [1.82, 2.24) is 0 Å². The minimum atomic E-state index is -1.30. The van der Waals surface area contributed by atoms with Crippen LogP contribution in [0.25, 0.3) is 21.9 Å². The van der Waals surface area contributed by atoms with Crippen LogP contribution in [0.15, 0.2) is 72.8 Å². The fourth-order valence-corrected chi connectivity index (χ4v) is 3.56. The van der Waals surface area contributed by atoms with E-state index < -0.39 is 23.5 Å². The van der Waals surface area contributed by atoms with Crippen LogP contribution in [0.2, 0.25) is 5.02 Å². The molecule has 31 heavy (non-hydrogen) atoms. The van der Waals surface area contributed by atoms with Gasteiger partial charge in [-0.05, 0) is 53.2 Å². The zero-order valence-corrected chi connectivity index (χ0v) is 16.6. The Labute approximate surface area is 180 Å². The van der Waals surface area contributed by atoms with Crippen molar-refractivity contribution >= 4 is 39.9 Å². The molecule has 2 N–H and O–H groups in total. The van der Waals surface area contributed by atoms with E-state index in [1.165, 1.54) is 48.5 Å². The largest absolute Gasteiger partial charge is 0.478 e. The highest BCUT2D eigenvalue weighted by molar-refractivity contribution is 6.34. The lowest BCUT2D eigenvalue weighted by atomic mass is 10.0. The van der Waals surface area contributed by atoms with Gasteiger partial charge in [-0.25, -0.2) is 13.6 Å². The van der Waals surface area contributed by atoms with Gasteiger partial charge in [0.05, 0.1) is 11.3 Å². The summed E-state index contributed by atoms with van der Waals surface area (Å²) in [4.78, 5) is 24.5. The van der Waals surface area contributed by atoms with Crippen LogP contribution in [0, 0.1) is 11.6 Å². The normalized spacial score (nSPS) is 10.8. The second kappa shape index (κ2) is 8.16. The van der Waals surface area contributed by atoms with E-state index >= 15 is 0 Å². The quantitative estimate of drug-likeness (QED) is 0.389. The summed E-state index contributed by atoms with van der Waals surface area (Å²) >= 11 is 6.21. The van der Waals surface area contributed by atoms with Gasteiger partial charge in [-0.2, -0.15) is 0 Å². The summed E-state index contributed by atoms with van der Waals surface area (Å²) in [5.41, 5.74) is 0.403. The summed E-state index contributed by atoms with van der Waals surface area (Å²) in [5, 5.41) is 13.4.